The second kappa shape index (κ2) is 3.57. The van der Waals surface area contributed by atoms with Gasteiger partial charge in [0.15, 0.2) is 0 Å². The van der Waals surface area contributed by atoms with E-state index in [9.17, 15) is 4.91 Å². The summed E-state index contributed by atoms with van der Waals surface area (Å²) in [4.78, 5) is 15.0. The predicted molar refractivity (Wildman–Crippen MR) is 54.9 cm³/mol. The molecule has 14 heavy (non-hydrogen) atoms. The van der Waals surface area contributed by atoms with E-state index in [0.29, 0.717) is 0 Å². The van der Waals surface area contributed by atoms with Crippen LogP contribution in [0.1, 0.15) is 19.2 Å². The minimum Gasteiger partial charge on any atom is -0.231 e. The molecule has 0 saturated heterocycles. The molecule has 0 bridgehead atoms. The van der Waals surface area contributed by atoms with E-state index in [0.717, 1.165) is 29.7 Å². The first-order valence-corrected chi connectivity index (χ1v) is 4.67. The molecule has 0 spiro atoms. The fourth-order valence-electron chi connectivity index (χ4n) is 1.54. The van der Waals surface area contributed by atoms with Crippen molar-refractivity contribution in [3.05, 3.63) is 35.0 Å². The van der Waals surface area contributed by atoms with Gasteiger partial charge in [0, 0.05) is 6.42 Å². The van der Waals surface area contributed by atoms with Gasteiger partial charge in [0.05, 0.1) is 16.3 Å². The number of nitrogens with zero attached hydrogens (tertiary/aromatic N) is 3. The minimum atomic E-state index is 0.740. The molecule has 4 nitrogen and oxygen atoms in total. The first kappa shape index (κ1) is 8.87. The molecule has 0 fully saturated rings. The number of rotatable bonds is 3. The Labute approximate surface area is 81.5 Å². The summed E-state index contributed by atoms with van der Waals surface area (Å²) in [6.07, 6.45) is 1.74. The Morgan fingerprint density at radius 1 is 1.43 bits per heavy atom. The topological polar surface area (TPSA) is 47.2 Å². The van der Waals surface area contributed by atoms with Crippen LogP contribution in [-0.2, 0) is 6.42 Å². The van der Waals surface area contributed by atoms with Gasteiger partial charge in [0.2, 0.25) is 0 Å². The summed E-state index contributed by atoms with van der Waals surface area (Å²) in [7, 11) is 0. The molecule has 2 rings (SSSR count). The highest BCUT2D eigenvalue weighted by Crippen LogP contribution is 2.16. The van der Waals surface area contributed by atoms with E-state index in [4.69, 9.17) is 0 Å². The third-order valence-corrected chi connectivity index (χ3v) is 2.16. The lowest BCUT2D eigenvalue weighted by Gasteiger charge is -1.95. The van der Waals surface area contributed by atoms with Crippen molar-refractivity contribution in [2.24, 2.45) is 5.29 Å². The molecule has 0 N–H and O–H groups in total. The number of fused-ring (bicyclic) bond motifs is 1. The largest absolute Gasteiger partial charge is 0.231 e. The summed E-state index contributed by atoms with van der Waals surface area (Å²) < 4.78 is 1.37. The van der Waals surface area contributed by atoms with Crippen molar-refractivity contribution in [1.29, 1.82) is 0 Å². The van der Waals surface area contributed by atoms with E-state index >= 15 is 0 Å². The molecule has 0 aliphatic rings. The average molecular weight is 189 g/mol. The van der Waals surface area contributed by atoms with Crippen LogP contribution in [0.4, 0.5) is 0 Å². The molecule has 0 aliphatic heterocycles. The van der Waals surface area contributed by atoms with Crippen molar-refractivity contribution < 1.29 is 0 Å². The van der Waals surface area contributed by atoms with Crippen LogP contribution in [0.25, 0.3) is 11.0 Å². The standard InChI is InChI=1S/C10H11N3O/c1-2-5-10-11-8-6-3-4-7-9(8)13(10)12-14/h3-4,6-7H,2,5H2,1H3. The summed E-state index contributed by atoms with van der Waals surface area (Å²) >= 11 is 0. The van der Waals surface area contributed by atoms with Crippen molar-refractivity contribution in [2.45, 2.75) is 19.8 Å². The van der Waals surface area contributed by atoms with Crippen molar-refractivity contribution in [3.63, 3.8) is 0 Å². The molecule has 72 valence electrons. The van der Waals surface area contributed by atoms with Gasteiger partial charge in [-0.15, -0.1) is 4.91 Å². The van der Waals surface area contributed by atoms with Gasteiger partial charge in [-0.1, -0.05) is 19.1 Å². The Balaban J connectivity index is 2.65. The molecule has 2 aromatic rings. The third-order valence-electron chi connectivity index (χ3n) is 2.16. The van der Waals surface area contributed by atoms with E-state index in [1.165, 1.54) is 4.68 Å². The van der Waals surface area contributed by atoms with Crippen molar-refractivity contribution in [1.82, 2.24) is 9.66 Å². The van der Waals surface area contributed by atoms with Gasteiger partial charge in [0.25, 0.3) is 0 Å². The molecule has 1 heterocycles. The minimum absolute atomic E-state index is 0.740. The maximum Gasteiger partial charge on any atom is 0.134 e. The summed E-state index contributed by atoms with van der Waals surface area (Å²) in [5.41, 5.74) is 1.61. The number of para-hydroxylation sites is 2. The molecular formula is C10H11N3O. The SMILES string of the molecule is CCCc1nc2ccccc2n1N=O. The molecular weight excluding hydrogens is 178 g/mol. The lowest BCUT2D eigenvalue weighted by Crippen LogP contribution is -1.95. The molecule has 0 atom stereocenters. The first-order chi connectivity index (χ1) is 6.86. The van der Waals surface area contributed by atoms with Gasteiger partial charge in [-0.3, -0.25) is 0 Å². The Kier molecular flexibility index (Phi) is 2.26. The van der Waals surface area contributed by atoms with Crippen LogP contribution >= 0.6 is 0 Å². The lowest BCUT2D eigenvalue weighted by molar-refractivity contribution is 0.753. The van der Waals surface area contributed by atoms with Gasteiger partial charge in [-0.05, 0) is 18.6 Å². The number of aryl methyl sites for hydroxylation is 1. The number of aromatic nitrogens is 2. The lowest BCUT2D eigenvalue weighted by atomic mass is 10.3. The average Bonchev–Trinajstić information content (AvgIpc) is 2.55. The van der Waals surface area contributed by atoms with Crippen LogP contribution in [0.15, 0.2) is 29.6 Å². The quantitative estimate of drug-likeness (QED) is 0.696. The molecule has 0 amide bonds. The summed E-state index contributed by atoms with van der Waals surface area (Å²) in [6, 6.07) is 7.51. The number of hydrogen-bond donors (Lipinski definition) is 0. The first-order valence-electron chi connectivity index (χ1n) is 4.67. The second-order valence-electron chi connectivity index (χ2n) is 3.16. The molecule has 0 unspecified atom stereocenters. The summed E-state index contributed by atoms with van der Waals surface area (Å²) in [6.45, 7) is 2.05. The van der Waals surface area contributed by atoms with Crippen molar-refractivity contribution in [2.75, 3.05) is 0 Å². The molecule has 1 aromatic carbocycles. The Bertz CT molecular complexity index is 461. The number of imidazole rings is 1. The van der Waals surface area contributed by atoms with Crippen LogP contribution < -0.4 is 0 Å². The van der Waals surface area contributed by atoms with E-state index < -0.39 is 0 Å². The van der Waals surface area contributed by atoms with Gasteiger partial charge in [-0.25, -0.2) is 4.98 Å². The van der Waals surface area contributed by atoms with Gasteiger partial charge in [0.1, 0.15) is 5.82 Å². The zero-order chi connectivity index (χ0) is 9.97. The van der Waals surface area contributed by atoms with E-state index in [1.807, 2.05) is 24.3 Å². The highest BCUT2D eigenvalue weighted by Gasteiger charge is 2.08. The highest BCUT2D eigenvalue weighted by atomic mass is 16.3. The van der Waals surface area contributed by atoms with Crippen molar-refractivity contribution in [3.8, 4) is 0 Å². The van der Waals surface area contributed by atoms with Crippen molar-refractivity contribution >= 4 is 11.0 Å². The zero-order valence-electron chi connectivity index (χ0n) is 7.97. The fraction of sp³-hybridized carbons (Fsp3) is 0.300. The maximum atomic E-state index is 10.7. The van der Waals surface area contributed by atoms with Crippen LogP contribution in [0.5, 0.6) is 0 Å². The number of nitroso groups, excluding NO2 is 1. The Morgan fingerprint density at radius 2 is 2.21 bits per heavy atom. The normalized spacial score (nSPS) is 10.6. The smallest absolute Gasteiger partial charge is 0.134 e. The van der Waals surface area contributed by atoms with Crippen LogP contribution in [0.3, 0.4) is 0 Å². The van der Waals surface area contributed by atoms with Crippen LogP contribution in [0.2, 0.25) is 0 Å². The maximum absolute atomic E-state index is 10.7. The number of benzene rings is 1. The van der Waals surface area contributed by atoms with E-state index in [-0.39, 0.29) is 0 Å². The Morgan fingerprint density at radius 3 is 2.93 bits per heavy atom. The van der Waals surface area contributed by atoms with Gasteiger partial charge in [-0.2, -0.15) is 4.68 Å². The molecule has 0 radical (unpaired) electrons. The van der Waals surface area contributed by atoms with Gasteiger partial charge < -0.3 is 0 Å². The predicted octanol–water partition coefficient (Wildman–Crippen LogP) is 2.52. The summed E-state index contributed by atoms with van der Waals surface area (Å²) in [5.74, 6) is 0.740. The third kappa shape index (κ3) is 1.28. The highest BCUT2D eigenvalue weighted by molar-refractivity contribution is 5.75. The fourth-order valence-corrected chi connectivity index (χ4v) is 1.54. The van der Waals surface area contributed by atoms with Crippen LogP contribution in [-0.4, -0.2) is 9.66 Å². The van der Waals surface area contributed by atoms with E-state index in [2.05, 4.69) is 17.2 Å². The Hall–Kier alpha value is -1.71. The number of hydrogen-bond acceptors (Lipinski definition) is 3. The second-order valence-corrected chi connectivity index (χ2v) is 3.16. The summed E-state index contributed by atoms with van der Waals surface area (Å²) in [5, 5.41) is 2.98. The molecule has 0 aliphatic carbocycles. The zero-order valence-corrected chi connectivity index (χ0v) is 7.97. The molecule has 4 heteroatoms. The monoisotopic (exact) mass is 189 g/mol. The molecule has 1 aromatic heterocycles. The van der Waals surface area contributed by atoms with Crippen LogP contribution in [0, 0.1) is 4.91 Å². The van der Waals surface area contributed by atoms with E-state index in [1.54, 1.807) is 0 Å². The molecule has 0 saturated carbocycles. The van der Waals surface area contributed by atoms with Gasteiger partial charge >= 0.3 is 0 Å².